The van der Waals surface area contributed by atoms with Crippen LogP contribution in [0.1, 0.15) is 0 Å². The second kappa shape index (κ2) is 2.02. The van der Waals surface area contributed by atoms with Crippen LogP contribution in [-0.2, 0) is 0 Å². The minimum Gasteiger partial charge on any atom is -0.292 e. The Morgan fingerprint density at radius 1 is 1.83 bits per heavy atom. The van der Waals surface area contributed by atoms with Crippen LogP contribution in [0.3, 0.4) is 0 Å². The maximum absolute atomic E-state index is 5.45. The van der Waals surface area contributed by atoms with Crippen LogP contribution in [0, 0.1) is 0 Å². The summed E-state index contributed by atoms with van der Waals surface area (Å²) in [5.74, 6) is 0.948. The molecule has 1 aliphatic heterocycles. The summed E-state index contributed by atoms with van der Waals surface area (Å²) in [4.78, 5) is 0. The van der Waals surface area contributed by atoms with E-state index < -0.39 is 0 Å². The average molecular weight is 125 g/mol. The molecule has 0 aliphatic carbocycles. The molecule has 0 aromatic rings. The highest BCUT2D eigenvalue weighted by molar-refractivity contribution is 7.98. The van der Waals surface area contributed by atoms with Crippen LogP contribution < -0.4 is 5.32 Å². The number of hydrogen-bond acceptors (Lipinski definition) is 3. The molecule has 2 nitrogen and oxygen atoms in total. The van der Waals surface area contributed by atoms with Crippen LogP contribution >= 0.6 is 23.7 Å². The van der Waals surface area contributed by atoms with E-state index in [4.69, 9.17) is 11.8 Å². The molecule has 0 aromatic heterocycles. The fourth-order valence-corrected chi connectivity index (χ4v) is 1.03. The molecule has 1 fully saturated rings. The molecule has 4 heteroatoms. The largest absolute Gasteiger partial charge is 0.292 e. The van der Waals surface area contributed by atoms with Gasteiger partial charge in [-0.25, -0.2) is 0 Å². The minimum atomic E-state index is 0.798. The summed E-state index contributed by atoms with van der Waals surface area (Å²) in [6, 6.07) is 0. The minimum absolute atomic E-state index is 0.798. The lowest BCUT2D eigenvalue weighted by Gasteiger charge is -1.93. The number of hydrogen-bond donors (Lipinski definition) is 1. The number of halogens is 1. The van der Waals surface area contributed by atoms with Crippen molar-refractivity contribution < 1.29 is 0 Å². The van der Waals surface area contributed by atoms with E-state index in [-0.39, 0.29) is 0 Å². The van der Waals surface area contributed by atoms with Gasteiger partial charge >= 0.3 is 0 Å². The third-order valence-corrected chi connectivity index (χ3v) is 1.70. The van der Waals surface area contributed by atoms with Gasteiger partial charge in [0, 0.05) is 0 Å². The zero-order chi connectivity index (χ0) is 4.41. The van der Waals surface area contributed by atoms with E-state index in [1.165, 1.54) is 0 Å². The molecule has 0 saturated carbocycles. The van der Waals surface area contributed by atoms with Crippen molar-refractivity contribution in [2.24, 2.45) is 0 Å². The van der Waals surface area contributed by atoms with Gasteiger partial charge in [-0.05, 0) is 23.7 Å². The first-order chi connectivity index (χ1) is 2.89. The van der Waals surface area contributed by atoms with Gasteiger partial charge in [-0.1, -0.05) is 0 Å². The Morgan fingerprint density at radius 2 is 2.67 bits per heavy atom. The van der Waals surface area contributed by atoms with E-state index in [1.54, 1.807) is 15.8 Å². The lowest BCUT2D eigenvalue weighted by Crippen LogP contribution is -2.09. The first kappa shape index (κ1) is 4.71. The summed E-state index contributed by atoms with van der Waals surface area (Å²) in [5.41, 5.74) is 0. The van der Waals surface area contributed by atoms with Crippen LogP contribution in [0.25, 0.3) is 0 Å². The lowest BCUT2D eigenvalue weighted by atomic mass is 11.1. The zero-order valence-electron chi connectivity index (χ0n) is 3.15. The second-order valence-corrected chi connectivity index (χ2v) is 2.60. The van der Waals surface area contributed by atoms with Crippen LogP contribution in [0.4, 0.5) is 0 Å². The molecule has 1 rings (SSSR count). The molecule has 0 bridgehead atoms. The third-order valence-electron chi connectivity index (χ3n) is 0.543. The SMILES string of the molecule is ClN1CNCS1. The molecule has 0 amide bonds. The number of nitrogens with zero attached hydrogens (tertiary/aromatic N) is 1. The average Bonchev–Trinajstić information content (AvgIpc) is 1.86. The molecule has 0 aromatic carbocycles. The molecule has 0 atom stereocenters. The van der Waals surface area contributed by atoms with Gasteiger partial charge in [0.25, 0.3) is 0 Å². The van der Waals surface area contributed by atoms with Crippen LogP contribution in [0.15, 0.2) is 0 Å². The Bertz CT molecular complexity index is 44.8. The number of nitrogens with one attached hydrogen (secondary N) is 1. The quantitative estimate of drug-likeness (QED) is 0.376. The first-order valence-corrected chi connectivity index (χ1v) is 2.94. The predicted molar refractivity (Wildman–Crippen MR) is 28.2 cm³/mol. The summed E-state index contributed by atoms with van der Waals surface area (Å²) in [5, 5.41) is 3.03. The number of rotatable bonds is 0. The molecule has 1 saturated heterocycles. The Morgan fingerprint density at radius 3 is 2.83 bits per heavy atom. The molecule has 36 valence electrons. The molecule has 0 unspecified atom stereocenters. The standard InChI is InChI=1S/C2H5ClN2S/c3-5-1-4-2-6-5/h4H,1-2H2. The first-order valence-electron chi connectivity index (χ1n) is 1.66. The molecule has 0 spiro atoms. The highest BCUT2D eigenvalue weighted by Gasteiger charge is 2.05. The summed E-state index contributed by atoms with van der Waals surface area (Å²) in [7, 11) is 0. The van der Waals surface area contributed by atoms with Crippen molar-refractivity contribution in [3.8, 4) is 0 Å². The van der Waals surface area contributed by atoms with Gasteiger partial charge in [-0.15, -0.1) is 3.82 Å². The lowest BCUT2D eigenvalue weighted by molar-refractivity contribution is 0.677. The highest BCUT2D eigenvalue weighted by Crippen LogP contribution is 2.13. The van der Waals surface area contributed by atoms with E-state index in [0.717, 1.165) is 12.5 Å². The van der Waals surface area contributed by atoms with Crippen molar-refractivity contribution in [2.75, 3.05) is 12.5 Å². The monoisotopic (exact) mass is 124 g/mol. The van der Waals surface area contributed by atoms with E-state index in [1.807, 2.05) is 0 Å². The van der Waals surface area contributed by atoms with Gasteiger partial charge < -0.3 is 0 Å². The highest BCUT2D eigenvalue weighted by atomic mass is 35.5. The summed E-state index contributed by atoms with van der Waals surface area (Å²) < 4.78 is 1.64. The topological polar surface area (TPSA) is 15.3 Å². The van der Waals surface area contributed by atoms with Gasteiger partial charge in [0.05, 0.1) is 12.5 Å². The van der Waals surface area contributed by atoms with E-state index in [0.29, 0.717) is 0 Å². The predicted octanol–water partition coefficient (Wildman–Crippen LogP) is 0.609. The summed E-state index contributed by atoms with van der Waals surface area (Å²) >= 11 is 7.03. The van der Waals surface area contributed by atoms with Gasteiger partial charge in [-0.3, -0.25) is 5.32 Å². The fraction of sp³-hybridized carbons (Fsp3) is 1.00. The maximum atomic E-state index is 5.45. The second-order valence-electron chi connectivity index (χ2n) is 0.999. The summed E-state index contributed by atoms with van der Waals surface area (Å²) in [6.07, 6.45) is 0. The van der Waals surface area contributed by atoms with Crippen LogP contribution in [0.5, 0.6) is 0 Å². The van der Waals surface area contributed by atoms with Gasteiger partial charge in [0.15, 0.2) is 0 Å². The van der Waals surface area contributed by atoms with Crippen molar-refractivity contribution in [3.63, 3.8) is 0 Å². The maximum Gasteiger partial charge on any atom is 0.0751 e. The van der Waals surface area contributed by atoms with E-state index in [2.05, 4.69) is 5.32 Å². The molecule has 1 N–H and O–H groups in total. The Hall–Kier alpha value is 0.560. The Labute approximate surface area is 46.1 Å². The Kier molecular flexibility index (Phi) is 1.59. The smallest absolute Gasteiger partial charge is 0.0751 e. The van der Waals surface area contributed by atoms with Crippen molar-refractivity contribution in [3.05, 3.63) is 0 Å². The van der Waals surface area contributed by atoms with Gasteiger partial charge in [0.1, 0.15) is 0 Å². The fourth-order valence-electron chi connectivity index (χ4n) is 0.295. The zero-order valence-corrected chi connectivity index (χ0v) is 4.72. The van der Waals surface area contributed by atoms with Crippen molar-refractivity contribution in [2.45, 2.75) is 0 Å². The molecular formula is C2H5ClN2S. The van der Waals surface area contributed by atoms with Gasteiger partial charge in [0.2, 0.25) is 0 Å². The van der Waals surface area contributed by atoms with Crippen molar-refractivity contribution in [1.29, 1.82) is 0 Å². The molecular weight excluding hydrogens is 120 g/mol. The van der Waals surface area contributed by atoms with Crippen LogP contribution in [0.2, 0.25) is 0 Å². The van der Waals surface area contributed by atoms with Gasteiger partial charge in [-0.2, -0.15) is 0 Å². The summed E-state index contributed by atoms with van der Waals surface area (Å²) in [6.45, 7) is 0.798. The third kappa shape index (κ3) is 1.01. The van der Waals surface area contributed by atoms with E-state index >= 15 is 0 Å². The van der Waals surface area contributed by atoms with E-state index in [9.17, 15) is 0 Å². The van der Waals surface area contributed by atoms with Crippen molar-refractivity contribution in [1.82, 2.24) is 9.14 Å². The molecule has 1 aliphatic rings. The molecule has 1 heterocycles. The molecule has 0 radical (unpaired) electrons. The van der Waals surface area contributed by atoms with Crippen molar-refractivity contribution >= 4 is 23.7 Å². The molecule has 6 heavy (non-hydrogen) atoms. The van der Waals surface area contributed by atoms with Crippen LogP contribution in [-0.4, -0.2) is 16.4 Å². The normalized spacial score (nSPS) is 25.5. The Balaban J connectivity index is 2.18.